The molecule has 2 unspecified atom stereocenters. The number of hydrogen-bond acceptors (Lipinski definition) is 3. The Morgan fingerprint density at radius 1 is 1.33 bits per heavy atom. The second-order valence-electron chi connectivity index (χ2n) is 8.17. The molecular formula is C18H26N2O. The molecule has 2 fully saturated rings. The minimum atomic E-state index is 0.191. The van der Waals surface area contributed by atoms with Crippen LogP contribution in [0.5, 0.6) is 0 Å². The van der Waals surface area contributed by atoms with Crippen LogP contribution < -0.4 is 5.73 Å². The minimum Gasteiger partial charge on any atom is -0.399 e. The van der Waals surface area contributed by atoms with Crippen LogP contribution in [0.2, 0.25) is 0 Å². The molecule has 0 spiro atoms. The summed E-state index contributed by atoms with van der Waals surface area (Å²) in [5.41, 5.74) is 7.95. The van der Waals surface area contributed by atoms with E-state index >= 15 is 0 Å². The van der Waals surface area contributed by atoms with E-state index in [-0.39, 0.29) is 5.78 Å². The van der Waals surface area contributed by atoms with Crippen LogP contribution in [-0.4, -0.2) is 29.8 Å². The number of ketones is 1. The van der Waals surface area contributed by atoms with Crippen LogP contribution >= 0.6 is 0 Å². The summed E-state index contributed by atoms with van der Waals surface area (Å²) in [6, 6.07) is 7.89. The molecule has 2 aliphatic rings. The van der Waals surface area contributed by atoms with Crippen LogP contribution in [0, 0.1) is 10.8 Å². The molecule has 1 aliphatic heterocycles. The van der Waals surface area contributed by atoms with Gasteiger partial charge in [-0.3, -0.25) is 9.69 Å². The number of hydrogen-bond donors (Lipinski definition) is 1. The Bertz CT molecular complexity index is 566. The first-order chi connectivity index (χ1) is 9.76. The Hall–Kier alpha value is -1.35. The Morgan fingerprint density at radius 3 is 2.81 bits per heavy atom. The van der Waals surface area contributed by atoms with Gasteiger partial charge in [0.25, 0.3) is 0 Å². The highest BCUT2D eigenvalue weighted by molar-refractivity contribution is 5.98. The van der Waals surface area contributed by atoms with Crippen molar-refractivity contribution >= 4 is 11.5 Å². The van der Waals surface area contributed by atoms with Gasteiger partial charge in [-0.1, -0.05) is 32.9 Å². The van der Waals surface area contributed by atoms with Gasteiger partial charge < -0.3 is 5.73 Å². The average Bonchev–Trinajstić information content (AvgIpc) is 2.58. The lowest BCUT2D eigenvalue weighted by Gasteiger charge is -2.39. The highest BCUT2D eigenvalue weighted by Gasteiger charge is 2.49. The number of benzene rings is 1. The lowest BCUT2D eigenvalue weighted by atomic mass is 9.65. The fourth-order valence-electron chi connectivity index (χ4n) is 4.75. The number of nitrogen functional groups attached to an aromatic ring is 1. The lowest BCUT2D eigenvalue weighted by Crippen LogP contribution is -2.36. The second-order valence-corrected chi connectivity index (χ2v) is 8.17. The van der Waals surface area contributed by atoms with Crippen LogP contribution in [0.1, 0.15) is 50.4 Å². The number of nitrogens with zero attached hydrogens (tertiary/aromatic N) is 1. The average molecular weight is 286 g/mol. The summed E-state index contributed by atoms with van der Waals surface area (Å²) in [4.78, 5) is 14.9. The summed E-state index contributed by atoms with van der Waals surface area (Å²) in [5, 5.41) is 0. The molecule has 1 aliphatic carbocycles. The largest absolute Gasteiger partial charge is 0.399 e. The maximum Gasteiger partial charge on any atom is 0.176 e. The number of carbonyl (C=O) groups excluding carboxylic acids is 1. The van der Waals surface area contributed by atoms with Gasteiger partial charge in [0.1, 0.15) is 0 Å². The van der Waals surface area contributed by atoms with E-state index in [2.05, 4.69) is 25.7 Å². The van der Waals surface area contributed by atoms with Gasteiger partial charge in [0, 0.05) is 23.8 Å². The van der Waals surface area contributed by atoms with E-state index in [4.69, 9.17) is 5.73 Å². The summed E-state index contributed by atoms with van der Waals surface area (Å²) >= 11 is 0. The Kier molecular flexibility index (Phi) is 3.36. The summed E-state index contributed by atoms with van der Waals surface area (Å²) in [6.07, 6.45) is 3.70. The first-order valence-corrected chi connectivity index (χ1v) is 7.89. The topological polar surface area (TPSA) is 46.3 Å². The van der Waals surface area contributed by atoms with Crippen molar-refractivity contribution in [2.24, 2.45) is 10.8 Å². The zero-order chi connectivity index (χ0) is 15.3. The molecular weight excluding hydrogens is 260 g/mol. The predicted molar refractivity (Wildman–Crippen MR) is 86.3 cm³/mol. The van der Waals surface area contributed by atoms with Crippen molar-refractivity contribution in [3.63, 3.8) is 0 Å². The van der Waals surface area contributed by atoms with Crippen LogP contribution in [0.4, 0.5) is 5.69 Å². The van der Waals surface area contributed by atoms with E-state index in [9.17, 15) is 4.79 Å². The van der Waals surface area contributed by atoms with E-state index in [0.29, 0.717) is 29.1 Å². The molecule has 1 heterocycles. The molecule has 0 amide bonds. The third-order valence-corrected chi connectivity index (χ3v) is 5.08. The third kappa shape index (κ3) is 2.98. The summed E-state index contributed by atoms with van der Waals surface area (Å²) in [7, 11) is 0. The second kappa shape index (κ2) is 4.84. The SMILES string of the molecule is CC1(C)CC2CC(C)(CN2CC(=O)c2cccc(N)c2)C1. The predicted octanol–water partition coefficient (Wildman–Crippen LogP) is 3.35. The first kappa shape index (κ1) is 14.6. The van der Waals surface area contributed by atoms with Crippen molar-refractivity contribution in [1.82, 2.24) is 4.90 Å². The molecule has 2 atom stereocenters. The minimum absolute atomic E-state index is 0.191. The first-order valence-electron chi connectivity index (χ1n) is 7.89. The van der Waals surface area contributed by atoms with Crippen molar-refractivity contribution in [2.45, 2.75) is 46.1 Å². The van der Waals surface area contributed by atoms with Crippen molar-refractivity contribution in [3.8, 4) is 0 Å². The van der Waals surface area contributed by atoms with Gasteiger partial charge in [-0.25, -0.2) is 0 Å². The molecule has 114 valence electrons. The summed E-state index contributed by atoms with van der Waals surface area (Å²) in [5.74, 6) is 0.191. The Labute approximate surface area is 127 Å². The monoisotopic (exact) mass is 286 g/mol. The van der Waals surface area contributed by atoms with Gasteiger partial charge in [0.15, 0.2) is 5.78 Å². The Morgan fingerprint density at radius 2 is 2.10 bits per heavy atom. The number of nitrogens with two attached hydrogens (primary N) is 1. The maximum atomic E-state index is 12.5. The molecule has 2 N–H and O–H groups in total. The van der Waals surface area contributed by atoms with Crippen LogP contribution in [0.15, 0.2) is 24.3 Å². The van der Waals surface area contributed by atoms with E-state index in [1.165, 1.54) is 19.3 Å². The number of likely N-dealkylation sites (tertiary alicyclic amines) is 1. The fourth-order valence-corrected chi connectivity index (χ4v) is 4.75. The van der Waals surface area contributed by atoms with Crippen LogP contribution in [-0.2, 0) is 0 Å². The van der Waals surface area contributed by atoms with Crippen molar-refractivity contribution in [1.29, 1.82) is 0 Å². The molecule has 2 bridgehead atoms. The van der Waals surface area contributed by atoms with Crippen molar-refractivity contribution < 1.29 is 4.79 Å². The smallest absolute Gasteiger partial charge is 0.176 e. The maximum absolute atomic E-state index is 12.5. The van der Waals surface area contributed by atoms with Crippen LogP contribution in [0.3, 0.4) is 0 Å². The lowest BCUT2D eigenvalue weighted by molar-refractivity contribution is 0.0900. The van der Waals surface area contributed by atoms with E-state index in [0.717, 1.165) is 12.1 Å². The van der Waals surface area contributed by atoms with Gasteiger partial charge in [-0.05, 0) is 42.2 Å². The van der Waals surface area contributed by atoms with Crippen LogP contribution in [0.25, 0.3) is 0 Å². The van der Waals surface area contributed by atoms with Gasteiger partial charge in [0.05, 0.1) is 6.54 Å². The molecule has 3 rings (SSSR count). The molecule has 3 nitrogen and oxygen atoms in total. The Balaban J connectivity index is 1.73. The number of anilines is 1. The molecule has 21 heavy (non-hydrogen) atoms. The number of rotatable bonds is 3. The van der Waals surface area contributed by atoms with Gasteiger partial charge in [-0.2, -0.15) is 0 Å². The van der Waals surface area contributed by atoms with E-state index < -0.39 is 0 Å². The van der Waals surface area contributed by atoms with Gasteiger partial charge in [0.2, 0.25) is 0 Å². The quantitative estimate of drug-likeness (QED) is 0.684. The zero-order valence-corrected chi connectivity index (χ0v) is 13.4. The van der Waals surface area contributed by atoms with Crippen molar-refractivity contribution in [2.75, 3.05) is 18.8 Å². The number of Topliss-reactive ketones (excluding diaryl/α,β-unsaturated/α-hetero) is 1. The highest BCUT2D eigenvalue weighted by atomic mass is 16.1. The third-order valence-electron chi connectivity index (χ3n) is 5.08. The van der Waals surface area contributed by atoms with Crippen molar-refractivity contribution in [3.05, 3.63) is 29.8 Å². The zero-order valence-electron chi connectivity index (χ0n) is 13.4. The van der Waals surface area contributed by atoms with E-state index in [1.807, 2.05) is 18.2 Å². The normalized spacial score (nSPS) is 31.3. The standard InChI is InChI=1S/C18H26N2O/c1-17(2)8-15-9-18(3,11-17)12-20(15)10-16(21)13-5-4-6-14(19)7-13/h4-7,15H,8-12,19H2,1-3H3. The fraction of sp³-hybridized carbons (Fsp3) is 0.611. The number of carbonyl (C=O) groups is 1. The van der Waals surface area contributed by atoms with E-state index in [1.54, 1.807) is 6.07 Å². The molecule has 1 aromatic carbocycles. The molecule has 0 aromatic heterocycles. The van der Waals surface area contributed by atoms with Gasteiger partial charge >= 0.3 is 0 Å². The molecule has 0 radical (unpaired) electrons. The molecule has 1 saturated carbocycles. The molecule has 1 aromatic rings. The molecule has 3 heteroatoms. The number of fused-ring (bicyclic) bond motifs is 2. The highest BCUT2D eigenvalue weighted by Crippen LogP contribution is 2.52. The summed E-state index contributed by atoms with van der Waals surface area (Å²) in [6.45, 7) is 8.68. The molecule has 1 saturated heterocycles. The summed E-state index contributed by atoms with van der Waals surface area (Å²) < 4.78 is 0. The van der Waals surface area contributed by atoms with Gasteiger partial charge in [-0.15, -0.1) is 0 Å².